The number of benzene rings is 1. The second-order valence-corrected chi connectivity index (χ2v) is 10.5. The second-order valence-electron chi connectivity index (χ2n) is 10.5. The van der Waals surface area contributed by atoms with Gasteiger partial charge in [0.05, 0.1) is 12.6 Å². The van der Waals surface area contributed by atoms with Gasteiger partial charge in [-0.15, -0.1) is 0 Å². The van der Waals surface area contributed by atoms with Crippen LogP contribution >= 0.6 is 0 Å². The summed E-state index contributed by atoms with van der Waals surface area (Å²) in [5, 5.41) is 16.4. The van der Waals surface area contributed by atoms with E-state index in [1.54, 1.807) is 16.9 Å². The van der Waals surface area contributed by atoms with E-state index in [4.69, 9.17) is 10.6 Å². The summed E-state index contributed by atoms with van der Waals surface area (Å²) >= 11 is 0. The van der Waals surface area contributed by atoms with Crippen LogP contribution in [0, 0.1) is 17.5 Å². The monoisotopic (exact) mass is 558 g/mol. The molecule has 3 N–H and O–H groups in total. The Bertz CT molecular complexity index is 1570. The number of hydrogen-bond donors (Lipinski definition) is 2. The van der Waals surface area contributed by atoms with Gasteiger partial charge in [-0.3, -0.25) is 23.9 Å². The van der Waals surface area contributed by atoms with Gasteiger partial charge in [0, 0.05) is 55.3 Å². The van der Waals surface area contributed by atoms with Gasteiger partial charge in [-0.1, -0.05) is 0 Å². The minimum atomic E-state index is -1.14. The molecule has 1 aromatic carbocycles. The van der Waals surface area contributed by atoms with Crippen LogP contribution in [0.3, 0.4) is 0 Å². The normalized spacial score (nSPS) is 26.2. The minimum Gasteiger partial charge on any atom is -0.503 e. The van der Waals surface area contributed by atoms with Gasteiger partial charge < -0.3 is 20.3 Å². The smallest absolute Gasteiger partial charge is 0.274 e. The van der Waals surface area contributed by atoms with Crippen molar-refractivity contribution >= 4 is 11.8 Å². The van der Waals surface area contributed by atoms with E-state index in [9.17, 15) is 32.7 Å². The van der Waals surface area contributed by atoms with Crippen LogP contribution in [-0.2, 0) is 11.4 Å². The third-order valence-corrected chi connectivity index (χ3v) is 8.18. The number of nitrogens with two attached hydrogens (primary N) is 1. The summed E-state index contributed by atoms with van der Waals surface area (Å²) in [6.45, 7) is 1.54. The van der Waals surface area contributed by atoms with Crippen LogP contribution in [0.5, 0.6) is 5.75 Å². The molecule has 210 valence electrons. The fraction of sp³-hybridized carbons (Fsp3) is 0.385. The first-order chi connectivity index (χ1) is 19.0. The van der Waals surface area contributed by atoms with Gasteiger partial charge in [0.2, 0.25) is 5.43 Å². The van der Waals surface area contributed by atoms with Crippen molar-refractivity contribution in [3.05, 3.63) is 81.3 Å². The zero-order valence-corrected chi connectivity index (χ0v) is 21.3. The second kappa shape index (κ2) is 9.20. The molecule has 0 saturated carbocycles. The molecule has 1 spiro atoms. The summed E-state index contributed by atoms with van der Waals surface area (Å²) in [4.78, 5) is 46.3. The zero-order chi connectivity index (χ0) is 28.5. The summed E-state index contributed by atoms with van der Waals surface area (Å²) in [5.41, 5.74) is 2.00. The number of hydroxylamine groups is 2. The fourth-order valence-corrected chi connectivity index (χ4v) is 6.11. The number of aromatic hydroxyl groups is 1. The lowest BCUT2D eigenvalue weighted by Gasteiger charge is -2.42. The summed E-state index contributed by atoms with van der Waals surface area (Å²) in [7, 11) is 0. The lowest BCUT2D eigenvalue weighted by atomic mass is 9.84. The third-order valence-electron chi connectivity index (χ3n) is 8.18. The molecule has 40 heavy (non-hydrogen) atoms. The molecule has 2 amide bonds. The summed E-state index contributed by atoms with van der Waals surface area (Å²) in [5.74, 6) is -5.77. The van der Waals surface area contributed by atoms with Crippen molar-refractivity contribution in [1.82, 2.24) is 24.3 Å². The van der Waals surface area contributed by atoms with Crippen LogP contribution < -0.4 is 11.2 Å². The van der Waals surface area contributed by atoms with Gasteiger partial charge in [0.25, 0.3) is 11.8 Å². The molecular formula is C26H25F3N6O5. The Morgan fingerprint density at radius 1 is 1.25 bits per heavy atom. The number of pyridine rings is 1. The Kier molecular flexibility index (Phi) is 6.00. The van der Waals surface area contributed by atoms with Gasteiger partial charge in [0.15, 0.2) is 11.4 Å². The number of carbonyl (C=O) groups excluding carboxylic acids is 2. The minimum absolute atomic E-state index is 0.104. The molecule has 0 aliphatic carbocycles. The van der Waals surface area contributed by atoms with Gasteiger partial charge in [-0.05, 0) is 25.8 Å². The Hall–Kier alpha value is -4.17. The summed E-state index contributed by atoms with van der Waals surface area (Å²) in [6.07, 6.45) is 4.73. The molecule has 3 aliphatic rings. The summed E-state index contributed by atoms with van der Waals surface area (Å²) < 4.78 is 45.9. The fourth-order valence-electron chi connectivity index (χ4n) is 6.11. The van der Waals surface area contributed by atoms with Crippen molar-refractivity contribution in [3.63, 3.8) is 0 Å². The van der Waals surface area contributed by atoms with Crippen LogP contribution in [-0.4, -0.2) is 59.4 Å². The van der Waals surface area contributed by atoms with Crippen LogP contribution in [0.25, 0.3) is 0 Å². The Balaban J connectivity index is 1.50. The van der Waals surface area contributed by atoms with E-state index in [0.29, 0.717) is 25.0 Å². The standard InChI is InChI=1S/C26H25F3N6O5/c1-13-3-4-26(19-12-32(13)25(39)21-23(37)22(36)16(24(30)38)10-33(19)21)9-20(34-6-2-5-31-34)35(40-26)11-15-17(28)7-14(27)8-18(15)29/h2,5-8,10,13,19-20,37H,3-4,9,11-12H2,1H3,(H2,30,38)/t13-,19+,20?,26-/m0/s1. The third kappa shape index (κ3) is 3.89. The van der Waals surface area contributed by atoms with Crippen LogP contribution in [0.1, 0.15) is 64.8 Å². The Labute approximate surface area is 225 Å². The van der Waals surface area contributed by atoms with Crippen molar-refractivity contribution in [3.8, 4) is 5.75 Å². The maximum Gasteiger partial charge on any atom is 0.274 e. The number of rotatable bonds is 4. The molecule has 2 saturated heterocycles. The highest BCUT2D eigenvalue weighted by Crippen LogP contribution is 2.51. The highest BCUT2D eigenvalue weighted by Gasteiger charge is 2.57. The van der Waals surface area contributed by atoms with Crippen molar-refractivity contribution in [2.75, 3.05) is 6.54 Å². The number of carbonyl (C=O) groups is 2. The molecule has 4 atom stereocenters. The highest BCUT2D eigenvalue weighted by atomic mass is 19.1. The van der Waals surface area contributed by atoms with E-state index in [1.165, 1.54) is 20.7 Å². The molecular weight excluding hydrogens is 533 g/mol. The Morgan fingerprint density at radius 2 is 1.98 bits per heavy atom. The van der Waals surface area contributed by atoms with Gasteiger partial charge in [-0.2, -0.15) is 10.2 Å². The molecule has 2 aromatic heterocycles. The number of aromatic nitrogens is 3. The van der Waals surface area contributed by atoms with E-state index in [-0.39, 0.29) is 24.7 Å². The first-order valence-electron chi connectivity index (χ1n) is 12.7. The number of primary amides is 1. The molecule has 14 heteroatoms. The predicted octanol–water partition coefficient (Wildman–Crippen LogP) is 2.22. The van der Waals surface area contributed by atoms with Crippen LogP contribution in [0.4, 0.5) is 13.2 Å². The van der Waals surface area contributed by atoms with Crippen molar-refractivity contribution in [2.24, 2.45) is 5.73 Å². The predicted molar refractivity (Wildman–Crippen MR) is 131 cm³/mol. The lowest BCUT2D eigenvalue weighted by Crippen LogP contribution is -2.52. The molecule has 0 radical (unpaired) electrons. The molecule has 11 nitrogen and oxygen atoms in total. The maximum absolute atomic E-state index is 14.7. The maximum atomic E-state index is 14.7. The van der Waals surface area contributed by atoms with E-state index < -0.39 is 75.9 Å². The molecule has 6 rings (SSSR count). The number of fused-ring (bicyclic) bond motifs is 5. The number of halogens is 3. The highest BCUT2D eigenvalue weighted by molar-refractivity contribution is 5.99. The zero-order valence-electron chi connectivity index (χ0n) is 21.3. The van der Waals surface area contributed by atoms with E-state index in [2.05, 4.69) is 5.10 Å². The molecule has 3 aliphatic heterocycles. The van der Waals surface area contributed by atoms with Crippen molar-refractivity contribution < 1.29 is 32.7 Å². The van der Waals surface area contributed by atoms with E-state index >= 15 is 0 Å². The quantitative estimate of drug-likeness (QED) is 0.501. The van der Waals surface area contributed by atoms with Gasteiger partial charge >= 0.3 is 0 Å². The first-order valence-corrected chi connectivity index (χ1v) is 12.7. The largest absolute Gasteiger partial charge is 0.503 e. The van der Waals surface area contributed by atoms with Crippen LogP contribution in [0.2, 0.25) is 0 Å². The molecule has 3 aromatic rings. The SMILES string of the molecule is C[C@H]1CC[C@]2(CC(n3cccn3)N(Cc3c(F)cc(F)cc3F)O2)[C@H]2CN1C(=O)c1c(O)c(=O)c(C(N)=O)cn12. The molecule has 5 heterocycles. The topological polar surface area (TPSA) is 136 Å². The number of nitrogens with zero attached hydrogens (tertiary/aromatic N) is 5. The van der Waals surface area contributed by atoms with Gasteiger partial charge in [-0.25, -0.2) is 13.2 Å². The molecule has 2 bridgehead atoms. The number of amides is 2. The van der Waals surface area contributed by atoms with E-state index in [1.807, 2.05) is 6.92 Å². The molecule has 2 fully saturated rings. The Morgan fingerprint density at radius 3 is 2.62 bits per heavy atom. The number of hydrogen-bond acceptors (Lipinski definition) is 7. The average Bonchev–Trinajstić information content (AvgIpc) is 3.52. The molecule has 1 unspecified atom stereocenters. The summed E-state index contributed by atoms with van der Waals surface area (Å²) in [6, 6.07) is 1.81. The lowest BCUT2D eigenvalue weighted by molar-refractivity contribution is -0.235. The van der Waals surface area contributed by atoms with Crippen molar-refractivity contribution in [1.29, 1.82) is 0 Å². The van der Waals surface area contributed by atoms with Crippen molar-refractivity contribution in [2.45, 2.75) is 56.6 Å². The van der Waals surface area contributed by atoms with Gasteiger partial charge in [0.1, 0.15) is 34.8 Å². The van der Waals surface area contributed by atoms with Crippen LogP contribution in [0.15, 0.2) is 41.6 Å². The first kappa shape index (κ1) is 26.1. The average molecular weight is 559 g/mol. The van der Waals surface area contributed by atoms with E-state index in [0.717, 1.165) is 6.20 Å².